The molecule has 3 heterocycles. The standard InChI is InChI=1S/C27H32FN3O2S/c1-18-2-8-22(9-3-18)29-26(32)20-10-13-30(14-11-20)27(33)24-16-25-23(12-15-34-25)31(24)17-19-4-6-21(28)7-5-19/h4-7,12,15-16,18,20,22H,2-3,8-11,13-14,17H2,1H3,(H,29,32). The van der Waals surface area contributed by atoms with Crippen LogP contribution in [-0.2, 0) is 11.3 Å². The number of aromatic nitrogens is 1. The topological polar surface area (TPSA) is 54.3 Å². The molecule has 2 aliphatic rings. The van der Waals surface area contributed by atoms with Crippen LogP contribution in [0.1, 0.15) is 61.5 Å². The molecule has 1 aliphatic carbocycles. The SMILES string of the molecule is CC1CCC(NC(=O)C2CCN(C(=O)c3cc4sccc4n3Cc3ccc(F)cc3)CC2)CC1. The average Bonchev–Trinajstić information content (AvgIpc) is 3.44. The zero-order valence-corrected chi connectivity index (χ0v) is 20.5. The summed E-state index contributed by atoms with van der Waals surface area (Å²) in [5.41, 5.74) is 2.63. The van der Waals surface area contributed by atoms with Crippen LogP contribution in [0, 0.1) is 17.7 Å². The van der Waals surface area contributed by atoms with E-state index in [1.807, 2.05) is 27.0 Å². The van der Waals surface area contributed by atoms with Crippen LogP contribution in [0.15, 0.2) is 41.8 Å². The first kappa shape index (κ1) is 23.1. The van der Waals surface area contributed by atoms with Crippen molar-refractivity contribution in [3.63, 3.8) is 0 Å². The molecule has 1 saturated heterocycles. The Morgan fingerprint density at radius 2 is 1.74 bits per heavy atom. The highest BCUT2D eigenvalue weighted by Gasteiger charge is 2.31. The second-order valence-electron chi connectivity index (χ2n) is 9.94. The first-order chi connectivity index (χ1) is 16.5. The Bertz CT molecular complexity index is 1150. The normalized spacial score (nSPS) is 21.6. The van der Waals surface area contributed by atoms with Crippen molar-refractivity contribution in [2.24, 2.45) is 11.8 Å². The summed E-state index contributed by atoms with van der Waals surface area (Å²) in [5, 5.41) is 5.29. The highest BCUT2D eigenvalue weighted by atomic mass is 32.1. The molecule has 5 nitrogen and oxygen atoms in total. The number of fused-ring (bicyclic) bond motifs is 1. The highest BCUT2D eigenvalue weighted by molar-refractivity contribution is 7.17. The molecule has 2 aromatic heterocycles. The van der Waals surface area contributed by atoms with Crippen LogP contribution in [0.2, 0.25) is 0 Å². The van der Waals surface area contributed by atoms with Crippen molar-refractivity contribution in [2.45, 2.75) is 58.0 Å². The summed E-state index contributed by atoms with van der Waals surface area (Å²) < 4.78 is 16.5. The van der Waals surface area contributed by atoms with Gasteiger partial charge in [0.05, 0.1) is 10.2 Å². The number of amides is 2. The second kappa shape index (κ2) is 9.90. The molecule has 1 saturated carbocycles. The summed E-state index contributed by atoms with van der Waals surface area (Å²) >= 11 is 1.62. The van der Waals surface area contributed by atoms with Crippen molar-refractivity contribution in [3.8, 4) is 0 Å². The minimum absolute atomic E-state index is 0.00522. The van der Waals surface area contributed by atoms with Gasteiger partial charge in [-0.15, -0.1) is 11.3 Å². The van der Waals surface area contributed by atoms with Crippen LogP contribution in [0.4, 0.5) is 4.39 Å². The number of halogens is 1. The zero-order valence-electron chi connectivity index (χ0n) is 19.6. The molecule has 3 aromatic rings. The number of carbonyl (C=O) groups excluding carboxylic acids is 2. The van der Waals surface area contributed by atoms with E-state index < -0.39 is 0 Å². The number of hydrogen-bond acceptors (Lipinski definition) is 3. The number of hydrogen-bond donors (Lipinski definition) is 1. The molecular formula is C27H32FN3O2S. The summed E-state index contributed by atoms with van der Waals surface area (Å²) in [7, 11) is 0. The van der Waals surface area contributed by atoms with Crippen molar-refractivity contribution in [2.75, 3.05) is 13.1 Å². The fourth-order valence-electron chi connectivity index (χ4n) is 5.33. The summed E-state index contributed by atoms with van der Waals surface area (Å²) in [6.45, 7) is 3.98. The third kappa shape index (κ3) is 4.90. The van der Waals surface area contributed by atoms with E-state index in [1.54, 1.807) is 23.5 Å². The van der Waals surface area contributed by atoms with Gasteiger partial charge in [0, 0.05) is 31.6 Å². The van der Waals surface area contributed by atoms with E-state index in [2.05, 4.69) is 12.2 Å². The van der Waals surface area contributed by atoms with Crippen molar-refractivity contribution in [3.05, 3.63) is 58.9 Å². The molecule has 2 fully saturated rings. The van der Waals surface area contributed by atoms with Crippen LogP contribution < -0.4 is 5.32 Å². The first-order valence-corrected chi connectivity index (χ1v) is 13.3. The molecule has 34 heavy (non-hydrogen) atoms. The molecule has 0 unspecified atom stereocenters. The Kier molecular flexibility index (Phi) is 6.73. The van der Waals surface area contributed by atoms with Gasteiger partial charge in [-0.2, -0.15) is 0 Å². The maximum absolute atomic E-state index is 13.5. The molecule has 0 spiro atoms. The number of benzene rings is 1. The lowest BCUT2D eigenvalue weighted by molar-refractivity contribution is -0.127. The van der Waals surface area contributed by atoms with Gasteiger partial charge >= 0.3 is 0 Å². The molecule has 1 N–H and O–H groups in total. The van der Waals surface area contributed by atoms with Crippen LogP contribution in [-0.4, -0.2) is 40.4 Å². The molecule has 0 bridgehead atoms. The summed E-state index contributed by atoms with van der Waals surface area (Å²) in [4.78, 5) is 28.2. The lowest BCUT2D eigenvalue weighted by Crippen LogP contribution is -2.46. The zero-order chi connectivity index (χ0) is 23.7. The van der Waals surface area contributed by atoms with E-state index in [0.29, 0.717) is 44.2 Å². The number of likely N-dealkylation sites (tertiary alicyclic amines) is 1. The Morgan fingerprint density at radius 1 is 1.03 bits per heavy atom. The number of thiophene rings is 1. The lowest BCUT2D eigenvalue weighted by atomic mass is 9.86. The Morgan fingerprint density at radius 3 is 2.44 bits per heavy atom. The maximum Gasteiger partial charge on any atom is 0.270 e. The first-order valence-electron chi connectivity index (χ1n) is 12.4. The number of nitrogens with one attached hydrogen (secondary N) is 1. The predicted molar refractivity (Wildman–Crippen MR) is 134 cm³/mol. The van der Waals surface area contributed by atoms with Crippen LogP contribution >= 0.6 is 11.3 Å². The van der Waals surface area contributed by atoms with Gasteiger partial charge in [-0.25, -0.2) is 4.39 Å². The van der Waals surface area contributed by atoms with Crippen molar-refractivity contribution >= 4 is 33.4 Å². The van der Waals surface area contributed by atoms with E-state index in [4.69, 9.17) is 0 Å². The van der Waals surface area contributed by atoms with Gasteiger partial charge in [0.2, 0.25) is 5.91 Å². The maximum atomic E-state index is 13.5. The quantitative estimate of drug-likeness (QED) is 0.528. The minimum Gasteiger partial charge on any atom is -0.353 e. The third-order valence-corrected chi connectivity index (χ3v) is 8.36. The van der Waals surface area contributed by atoms with Gasteiger partial charge in [-0.3, -0.25) is 9.59 Å². The fourth-order valence-corrected chi connectivity index (χ4v) is 6.15. The Balaban J connectivity index is 1.24. The van der Waals surface area contributed by atoms with Gasteiger partial charge in [-0.05, 0) is 79.7 Å². The lowest BCUT2D eigenvalue weighted by Gasteiger charge is -2.33. The van der Waals surface area contributed by atoms with Gasteiger partial charge < -0.3 is 14.8 Å². The average molecular weight is 482 g/mol. The van der Waals surface area contributed by atoms with E-state index in [0.717, 1.165) is 34.5 Å². The van der Waals surface area contributed by atoms with E-state index in [1.165, 1.54) is 25.0 Å². The van der Waals surface area contributed by atoms with E-state index in [-0.39, 0.29) is 23.5 Å². The molecule has 0 radical (unpaired) electrons. The van der Waals surface area contributed by atoms with Crippen LogP contribution in [0.3, 0.4) is 0 Å². The molecule has 1 aliphatic heterocycles. The largest absolute Gasteiger partial charge is 0.353 e. The number of carbonyl (C=O) groups is 2. The molecule has 1 aromatic carbocycles. The van der Waals surface area contributed by atoms with Crippen molar-refractivity contribution in [1.82, 2.24) is 14.8 Å². The van der Waals surface area contributed by atoms with Crippen molar-refractivity contribution < 1.29 is 14.0 Å². The number of nitrogens with zero attached hydrogens (tertiary/aromatic N) is 2. The van der Waals surface area contributed by atoms with Crippen LogP contribution in [0.25, 0.3) is 10.2 Å². The molecule has 2 amide bonds. The summed E-state index contributed by atoms with van der Waals surface area (Å²) in [6.07, 6.45) is 5.93. The summed E-state index contributed by atoms with van der Waals surface area (Å²) in [5.74, 6) is 0.647. The van der Waals surface area contributed by atoms with Gasteiger partial charge in [0.15, 0.2) is 0 Å². The minimum atomic E-state index is -0.266. The third-order valence-electron chi connectivity index (χ3n) is 7.51. The molecule has 0 atom stereocenters. The molecular weight excluding hydrogens is 449 g/mol. The number of rotatable bonds is 5. The molecule has 180 valence electrons. The summed E-state index contributed by atoms with van der Waals surface area (Å²) in [6, 6.07) is 10.7. The van der Waals surface area contributed by atoms with E-state index >= 15 is 0 Å². The highest BCUT2D eigenvalue weighted by Crippen LogP contribution is 2.29. The Labute approximate surface area is 203 Å². The second-order valence-corrected chi connectivity index (χ2v) is 10.9. The van der Waals surface area contributed by atoms with E-state index in [9.17, 15) is 14.0 Å². The Hall–Kier alpha value is -2.67. The van der Waals surface area contributed by atoms with Gasteiger partial charge in [0.1, 0.15) is 11.5 Å². The monoisotopic (exact) mass is 481 g/mol. The van der Waals surface area contributed by atoms with Gasteiger partial charge in [-0.1, -0.05) is 19.1 Å². The predicted octanol–water partition coefficient (Wildman–Crippen LogP) is 5.44. The number of piperidine rings is 1. The smallest absolute Gasteiger partial charge is 0.270 e. The van der Waals surface area contributed by atoms with Crippen molar-refractivity contribution in [1.29, 1.82) is 0 Å². The molecule has 5 rings (SSSR count). The fraction of sp³-hybridized carbons (Fsp3) is 0.481. The molecule has 7 heteroatoms. The van der Waals surface area contributed by atoms with Crippen LogP contribution in [0.5, 0.6) is 0 Å². The van der Waals surface area contributed by atoms with Gasteiger partial charge in [0.25, 0.3) is 5.91 Å².